The number of fused-ring (bicyclic) bond motifs is 1. The van der Waals surface area contributed by atoms with Crippen LogP contribution in [0.15, 0.2) is 50.7 Å². The van der Waals surface area contributed by atoms with E-state index in [0.29, 0.717) is 28.8 Å². The highest BCUT2D eigenvalue weighted by molar-refractivity contribution is 8.00. The molecule has 0 unspecified atom stereocenters. The average molecular weight is 490 g/mol. The summed E-state index contributed by atoms with van der Waals surface area (Å²) in [6.07, 6.45) is 1.98. The van der Waals surface area contributed by atoms with Gasteiger partial charge in [-0.1, -0.05) is 35.0 Å². The second-order valence-electron chi connectivity index (χ2n) is 8.69. The molecule has 33 heavy (non-hydrogen) atoms. The molecule has 0 radical (unpaired) electrons. The number of aryl methyl sites for hydroxylation is 1. The number of hydrogen-bond acceptors (Lipinski definition) is 6. The van der Waals surface area contributed by atoms with Gasteiger partial charge in [0, 0.05) is 35.5 Å². The van der Waals surface area contributed by atoms with Crippen LogP contribution >= 0.6 is 23.4 Å². The summed E-state index contributed by atoms with van der Waals surface area (Å²) in [5, 5.41) is 1.08. The number of carbonyl (C=O) groups is 1. The van der Waals surface area contributed by atoms with Crippen LogP contribution in [-0.4, -0.2) is 35.8 Å². The summed E-state index contributed by atoms with van der Waals surface area (Å²) in [5.41, 5.74) is 6.75. The van der Waals surface area contributed by atoms with Crippen molar-refractivity contribution in [1.29, 1.82) is 0 Å². The van der Waals surface area contributed by atoms with Crippen LogP contribution in [0.4, 0.5) is 0 Å². The molecule has 0 saturated heterocycles. The maximum Gasteiger partial charge on any atom is 0.332 e. The summed E-state index contributed by atoms with van der Waals surface area (Å²) < 4.78 is 3.73. The van der Waals surface area contributed by atoms with Gasteiger partial charge in [-0.05, 0) is 52.0 Å². The average Bonchev–Trinajstić information content (AvgIpc) is 3.11. The second kappa shape index (κ2) is 9.70. The number of halogens is 1. The maximum atomic E-state index is 13.5. The quantitative estimate of drug-likeness (QED) is 0.296. The lowest BCUT2D eigenvalue weighted by Gasteiger charge is -2.21. The predicted molar refractivity (Wildman–Crippen MR) is 133 cm³/mol. The molecule has 176 valence electrons. The molecule has 2 N–H and O–H groups in total. The molecule has 8 nitrogen and oxygen atoms in total. The Morgan fingerprint density at radius 3 is 2.39 bits per heavy atom. The maximum absolute atomic E-state index is 13.5. The third-order valence-corrected chi connectivity index (χ3v) is 6.67. The second-order valence-corrected chi connectivity index (χ2v) is 10.8. The predicted octanol–water partition coefficient (Wildman–Crippen LogP) is 3.23. The largest absolute Gasteiger partial charge is 0.332 e. The van der Waals surface area contributed by atoms with Gasteiger partial charge >= 0.3 is 5.69 Å². The molecule has 0 spiro atoms. The third-order valence-electron chi connectivity index (χ3n) is 5.21. The highest BCUT2D eigenvalue weighted by atomic mass is 35.5. The molecule has 0 amide bonds. The number of aromatic nitrogens is 4. The first-order chi connectivity index (χ1) is 15.4. The van der Waals surface area contributed by atoms with Crippen LogP contribution in [0.2, 0.25) is 5.02 Å². The van der Waals surface area contributed by atoms with Crippen LogP contribution < -0.4 is 17.0 Å². The fraction of sp³-hybridized carbons (Fsp3) is 0.391. The fourth-order valence-corrected chi connectivity index (χ4v) is 4.28. The number of nitrogens with two attached hydrogens (primary N) is 1. The molecule has 0 atom stereocenters. The van der Waals surface area contributed by atoms with Crippen LogP contribution in [0.1, 0.15) is 38.1 Å². The fourth-order valence-electron chi connectivity index (χ4n) is 3.17. The summed E-state index contributed by atoms with van der Waals surface area (Å²) in [4.78, 5) is 43.9. The third kappa shape index (κ3) is 5.31. The Bertz CT molecular complexity index is 1350. The van der Waals surface area contributed by atoms with E-state index in [9.17, 15) is 14.4 Å². The summed E-state index contributed by atoms with van der Waals surface area (Å²) in [6, 6.07) is 6.33. The summed E-state index contributed by atoms with van der Waals surface area (Å²) in [7, 11) is 1.55. The standard InChI is InChI=1S/C23H28ClN5O3S/c1-14(2)10-11-28-18-19(26-21(28)33-23(3,4)13-25)27(5)22(32)29(20(18)31)12-17(30)15-6-8-16(24)9-7-15/h6-10H,11-13,25H2,1-5H3. The van der Waals surface area contributed by atoms with E-state index in [2.05, 4.69) is 4.98 Å². The minimum atomic E-state index is -0.601. The minimum absolute atomic E-state index is 0.272. The van der Waals surface area contributed by atoms with Crippen LogP contribution in [0, 0.1) is 0 Å². The number of benzene rings is 1. The Morgan fingerprint density at radius 2 is 1.82 bits per heavy atom. The molecule has 1 aromatic carbocycles. The zero-order valence-corrected chi connectivity index (χ0v) is 21.0. The van der Waals surface area contributed by atoms with Gasteiger partial charge in [0.2, 0.25) is 0 Å². The first kappa shape index (κ1) is 25.0. The van der Waals surface area contributed by atoms with Gasteiger partial charge in [0.15, 0.2) is 22.1 Å². The van der Waals surface area contributed by atoms with Crippen LogP contribution in [-0.2, 0) is 20.1 Å². The topological polar surface area (TPSA) is 105 Å². The van der Waals surface area contributed by atoms with Crippen molar-refractivity contribution in [1.82, 2.24) is 18.7 Å². The van der Waals surface area contributed by atoms with Gasteiger partial charge in [-0.2, -0.15) is 0 Å². The van der Waals surface area contributed by atoms with Crippen molar-refractivity contribution in [2.75, 3.05) is 6.54 Å². The van der Waals surface area contributed by atoms with E-state index in [4.69, 9.17) is 17.3 Å². The van der Waals surface area contributed by atoms with Gasteiger partial charge in [-0.15, -0.1) is 0 Å². The molecule has 2 aromatic heterocycles. The number of thioether (sulfide) groups is 1. The number of allylic oxidation sites excluding steroid dienone is 2. The SMILES string of the molecule is CC(C)=CCn1c(SC(C)(C)CN)nc2c1c(=O)n(CC(=O)c1ccc(Cl)cc1)c(=O)n2C. The van der Waals surface area contributed by atoms with Crippen molar-refractivity contribution >= 4 is 40.3 Å². The van der Waals surface area contributed by atoms with Gasteiger partial charge < -0.3 is 10.3 Å². The summed E-state index contributed by atoms with van der Waals surface area (Å²) >= 11 is 7.34. The Balaban J connectivity index is 2.20. The monoisotopic (exact) mass is 489 g/mol. The van der Waals surface area contributed by atoms with Crippen molar-refractivity contribution in [3.05, 3.63) is 67.3 Å². The summed E-state index contributed by atoms with van der Waals surface area (Å²) in [5.74, 6) is -0.362. The van der Waals surface area contributed by atoms with Crippen LogP contribution in [0.25, 0.3) is 11.2 Å². The van der Waals surface area contributed by atoms with Crippen molar-refractivity contribution in [2.24, 2.45) is 12.8 Å². The Labute approximate surface area is 201 Å². The van der Waals surface area contributed by atoms with E-state index >= 15 is 0 Å². The zero-order chi connectivity index (χ0) is 24.5. The number of ketones is 1. The van der Waals surface area contributed by atoms with Gasteiger partial charge in [0.1, 0.15) is 0 Å². The minimum Gasteiger partial charge on any atom is -0.329 e. The molecule has 3 rings (SSSR count). The van der Waals surface area contributed by atoms with Crippen molar-refractivity contribution < 1.29 is 4.79 Å². The number of imidazole rings is 1. The van der Waals surface area contributed by atoms with Gasteiger partial charge in [0.05, 0.1) is 6.54 Å². The summed E-state index contributed by atoms with van der Waals surface area (Å²) in [6.45, 7) is 8.34. The lowest BCUT2D eigenvalue weighted by Crippen LogP contribution is -2.41. The van der Waals surface area contributed by atoms with Gasteiger partial charge in [-0.3, -0.25) is 18.7 Å². The molecule has 0 aliphatic heterocycles. The molecule has 2 heterocycles. The van der Waals surface area contributed by atoms with Crippen molar-refractivity contribution in [2.45, 2.75) is 50.7 Å². The molecular formula is C23H28ClN5O3S. The van der Waals surface area contributed by atoms with Crippen molar-refractivity contribution in [3.8, 4) is 0 Å². The number of carbonyl (C=O) groups excluding carboxylic acids is 1. The van der Waals surface area contributed by atoms with E-state index in [1.807, 2.05) is 33.8 Å². The van der Waals surface area contributed by atoms with Gasteiger partial charge in [0.25, 0.3) is 5.56 Å². The number of nitrogens with zero attached hydrogens (tertiary/aromatic N) is 4. The van der Waals surface area contributed by atoms with E-state index < -0.39 is 11.2 Å². The molecular weight excluding hydrogens is 462 g/mol. The van der Waals surface area contributed by atoms with Crippen LogP contribution in [0.3, 0.4) is 0 Å². The normalized spacial score (nSPS) is 11.7. The lowest BCUT2D eigenvalue weighted by molar-refractivity contribution is 0.0969. The molecule has 0 saturated carbocycles. The zero-order valence-electron chi connectivity index (χ0n) is 19.4. The molecule has 0 bridgehead atoms. The van der Waals surface area contributed by atoms with Gasteiger partial charge in [-0.25, -0.2) is 9.78 Å². The number of rotatable bonds is 8. The van der Waals surface area contributed by atoms with E-state index in [-0.39, 0.29) is 28.2 Å². The van der Waals surface area contributed by atoms with E-state index in [0.717, 1.165) is 10.1 Å². The number of Topliss-reactive ketones (excluding diaryl/α,β-unsaturated/α-hetero) is 1. The lowest BCUT2D eigenvalue weighted by atomic mass is 10.1. The number of hydrogen-bond donors (Lipinski definition) is 1. The Kier molecular flexibility index (Phi) is 7.36. The van der Waals surface area contributed by atoms with Crippen molar-refractivity contribution in [3.63, 3.8) is 0 Å². The van der Waals surface area contributed by atoms with E-state index in [1.54, 1.807) is 35.9 Å². The molecule has 0 fully saturated rings. The molecule has 0 aliphatic carbocycles. The Morgan fingerprint density at radius 1 is 1.18 bits per heavy atom. The van der Waals surface area contributed by atoms with Crippen LogP contribution in [0.5, 0.6) is 0 Å². The molecule has 0 aliphatic rings. The molecule has 10 heteroatoms. The first-order valence-electron chi connectivity index (χ1n) is 10.5. The first-order valence-corrected chi connectivity index (χ1v) is 11.7. The Hall–Kier alpha value is -2.62. The van der Waals surface area contributed by atoms with E-state index in [1.165, 1.54) is 16.3 Å². The highest BCUT2D eigenvalue weighted by Crippen LogP contribution is 2.32. The molecule has 3 aromatic rings. The highest BCUT2D eigenvalue weighted by Gasteiger charge is 2.26. The smallest absolute Gasteiger partial charge is 0.329 e.